The van der Waals surface area contributed by atoms with Crippen LogP contribution in [0.1, 0.15) is 27.0 Å². The lowest BCUT2D eigenvalue weighted by Crippen LogP contribution is -2.02. The molecule has 0 aromatic heterocycles. The van der Waals surface area contributed by atoms with Crippen LogP contribution in [0.5, 0.6) is 0 Å². The second-order valence-corrected chi connectivity index (χ2v) is 6.20. The zero-order chi connectivity index (χ0) is 17.9. The Hall–Kier alpha value is -3.51. The molecule has 3 aromatic carbocycles. The molecule has 0 bridgehead atoms. The van der Waals surface area contributed by atoms with E-state index in [0.717, 1.165) is 29.8 Å². The molecule has 0 amide bonds. The average molecular weight is 339 g/mol. The number of carboxylic acid groups (broad SMARTS) is 1. The summed E-state index contributed by atoms with van der Waals surface area (Å²) in [5.41, 5.74) is 5.75. The van der Waals surface area contributed by atoms with E-state index in [-0.39, 0.29) is 5.56 Å². The molecular weight excluding hydrogens is 322 g/mol. The molecule has 0 saturated heterocycles. The summed E-state index contributed by atoms with van der Waals surface area (Å²) in [5, 5.41) is 13.0. The Morgan fingerprint density at radius 3 is 2.62 bits per heavy atom. The fraction of sp³-hybridized carbons (Fsp3) is 0.0870. The van der Waals surface area contributed by atoms with Crippen LogP contribution in [0, 0.1) is 11.8 Å². The van der Waals surface area contributed by atoms with Gasteiger partial charge in [-0.15, -0.1) is 0 Å². The van der Waals surface area contributed by atoms with Gasteiger partial charge in [0.05, 0.1) is 5.56 Å². The van der Waals surface area contributed by atoms with Crippen molar-refractivity contribution in [2.75, 3.05) is 11.9 Å². The van der Waals surface area contributed by atoms with Gasteiger partial charge in [-0.2, -0.15) is 0 Å². The summed E-state index contributed by atoms with van der Waals surface area (Å²) in [5.74, 6) is 5.34. The van der Waals surface area contributed by atoms with Gasteiger partial charge in [0.2, 0.25) is 0 Å². The summed E-state index contributed by atoms with van der Waals surface area (Å²) in [4.78, 5) is 11.8. The van der Waals surface area contributed by atoms with Crippen molar-refractivity contribution in [1.29, 1.82) is 0 Å². The maximum Gasteiger partial charge on any atom is 0.336 e. The van der Waals surface area contributed by atoms with Crippen LogP contribution in [0.3, 0.4) is 0 Å². The van der Waals surface area contributed by atoms with E-state index < -0.39 is 5.97 Å². The molecule has 0 spiro atoms. The van der Waals surface area contributed by atoms with E-state index in [4.69, 9.17) is 0 Å². The number of nitrogens with one attached hydrogen (secondary N) is 1. The quantitative estimate of drug-likeness (QED) is 0.680. The van der Waals surface area contributed by atoms with Gasteiger partial charge in [-0.3, -0.25) is 0 Å². The van der Waals surface area contributed by atoms with Gasteiger partial charge in [0.15, 0.2) is 0 Å². The monoisotopic (exact) mass is 339 g/mol. The Balaban J connectivity index is 1.87. The standard InChI is InChI=1S/C23H17NO2/c25-23(26)20-8-4-7-18(10-9-16-5-2-1-3-6-16)22(20)19-12-11-17-13-14-24-21(17)15-19/h1-8,11-12,15,24H,13-14H2,(H,25,26). The number of hydrogen-bond acceptors (Lipinski definition) is 2. The molecule has 3 nitrogen and oxygen atoms in total. The third-order valence-electron chi connectivity index (χ3n) is 4.52. The van der Waals surface area contributed by atoms with E-state index in [1.54, 1.807) is 12.1 Å². The molecule has 0 atom stereocenters. The molecule has 0 aliphatic carbocycles. The van der Waals surface area contributed by atoms with E-state index in [2.05, 4.69) is 23.2 Å². The maximum absolute atomic E-state index is 11.8. The Morgan fingerprint density at radius 2 is 1.81 bits per heavy atom. The molecule has 26 heavy (non-hydrogen) atoms. The zero-order valence-corrected chi connectivity index (χ0v) is 14.1. The predicted molar refractivity (Wildman–Crippen MR) is 103 cm³/mol. The minimum atomic E-state index is -0.947. The van der Waals surface area contributed by atoms with Gasteiger partial charge in [-0.1, -0.05) is 48.2 Å². The Morgan fingerprint density at radius 1 is 0.962 bits per heavy atom. The average Bonchev–Trinajstić information content (AvgIpc) is 3.14. The topological polar surface area (TPSA) is 49.3 Å². The van der Waals surface area contributed by atoms with E-state index in [9.17, 15) is 9.90 Å². The summed E-state index contributed by atoms with van der Waals surface area (Å²) < 4.78 is 0. The largest absolute Gasteiger partial charge is 0.478 e. The van der Waals surface area contributed by atoms with Gasteiger partial charge in [-0.05, 0) is 47.9 Å². The normalized spacial score (nSPS) is 11.8. The van der Waals surface area contributed by atoms with Gasteiger partial charge in [0.25, 0.3) is 0 Å². The number of aromatic carboxylic acids is 1. The van der Waals surface area contributed by atoms with Crippen LogP contribution in [0.2, 0.25) is 0 Å². The molecule has 0 radical (unpaired) electrons. The van der Waals surface area contributed by atoms with E-state index in [0.29, 0.717) is 11.1 Å². The van der Waals surface area contributed by atoms with E-state index >= 15 is 0 Å². The highest BCUT2D eigenvalue weighted by atomic mass is 16.4. The molecule has 1 heterocycles. The van der Waals surface area contributed by atoms with Crippen LogP contribution in [-0.4, -0.2) is 17.6 Å². The highest BCUT2D eigenvalue weighted by molar-refractivity contribution is 5.98. The molecule has 3 aromatic rings. The molecule has 2 N–H and O–H groups in total. The smallest absolute Gasteiger partial charge is 0.336 e. The summed E-state index contributed by atoms with van der Waals surface area (Å²) in [6.45, 7) is 0.917. The van der Waals surface area contributed by atoms with Crippen molar-refractivity contribution in [2.45, 2.75) is 6.42 Å². The highest BCUT2D eigenvalue weighted by Gasteiger charge is 2.17. The first kappa shape index (κ1) is 16.0. The Labute approximate surface area is 152 Å². The van der Waals surface area contributed by atoms with Crippen molar-refractivity contribution in [3.63, 3.8) is 0 Å². The fourth-order valence-electron chi connectivity index (χ4n) is 3.25. The van der Waals surface area contributed by atoms with Crippen molar-refractivity contribution in [3.05, 3.63) is 89.0 Å². The number of fused-ring (bicyclic) bond motifs is 1. The summed E-state index contributed by atoms with van der Waals surface area (Å²) in [7, 11) is 0. The third-order valence-corrected chi connectivity index (χ3v) is 4.52. The molecule has 3 heteroatoms. The number of benzene rings is 3. The van der Waals surface area contributed by atoms with Crippen LogP contribution in [0.15, 0.2) is 66.7 Å². The van der Waals surface area contributed by atoms with E-state index in [1.807, 2.05) is 48.5 Å². The number of rotatable bonds is 2. The minimum Gasteiger partial charge on any atom is -0.478 e. The molecule has 4 rings (SSSR count). The first-order chi connectivity index (χ1) is 12.7. The second kappa shape index (κ2) is 6.78. The van der Waals surface area contributed by atoms with Crippen molar-refractivity contribution in [2.24, 2.45) is 0 Å². The summed E-state index contributed by atoms with van der Waals surface area (Å²) >= 11 is 0. The second-order valence-electron chi connectivity index (χ2n) is 6.20. The van der Waals surface area contributed by atoms with Gasteiger partial charge < -0.3 is 10.4 Å². The molecule has 0 unspecified atom stereocenters. The maximum atomic E-state index is 11.8. The van der Waals surface area contributed by atoms with Crippen molar-refractivity contribution in [3.8, 4) is 23.0 Å². The number of carboxylic acids is 1. The van der Waals surface area contributed by atoms with E-state index in [1.165, 1.54) is 5.56 Å². The molecule has 0 fully saturated rings. The van der Waals surface area contributed by atoms with Crippen LogP contribution < -0.4 is 5.32 Å². The minimum absolute atomic E-state index is 0.266. The third kappa shape index (κ3) is 3.05. The zero-order valence-electron chi connectivity index (χ0n) is 14.1. The van der Waals surface area contributed by atoms with Crippen molar-refractivity contribution < 1.29 is 9.90 Å². The fourth-order valence-corrected chi connectivity index (χ4v) is 3.25. The van der Waals surface area contributed by atoms with Gasteiger partial charge in [0, 0.05) is 28.9 Å². The van der Waals surface area contributed by atoms with Gasteiger partial charge in [-0.25, -0.2) is 4.79 Å². The first-order valence-corrected chi connectivity index (χ1v) is 8.53. The van der Waals surface area contributed by atoms with Crippen LogP contribution in [0.25, 0.3) is 11.1 Å². The molecule has 126 valence electrons. The molecule has 1 aliphatic rings. The van der Waals surface area contributed by atoms with Crippen molar-refractivity contribution in [1.82, 2.24) is 0 Å². The predicted octanol–water partition coefficient (Wildman–Crippen LogP) is 4.42. The Kier molecular flexibility index (Phi) is 4.17. The molecule has 1 aliphatic heterocycles. The lowest BCUT2D eigenvalue weighted by atomic mass is 9.93. The summed E-state index contributed by atoms with van der Waals surface area (Å²) in [6.07, 6.45) is 0.997. The van der Waals surface area contributed by atoms with Crippen molar-refractivity contribution >= 4 is 11.7 Å². The number of carbonyl (C=O) groups is 1. The number of anilines is 1. The van der Waals surface area contributed by atoms with Crippen LogP contribution in [0.4, 0.5) is 5.69 Å². The SMILES string of the molecule is O=C(O)c1cccc(C#Cc2ccccc2)c1-c1ccc2c(c1)NCC2. The van der Waals surface area contributed by atoms with Crippen LogP contribution >= 0.6 is 0 Å². The number of hydrogen-bond donors (Lipinski definition) is 2. The Bertz CT molecular complexity index is 1040. The van der Waals surface area contributed by atoms with Gasteiger partial charge >= 0.3 is 5.97 Å². The van der Waals surface area contributed by atoms with Gasteiger partial charge in [0.1, 0.15) is 0 Å². The first-order valence-electron chi connectivity index (χ1n) is 8.53. The highest BCUT2D eigenvalue weighted by Crippen LogP contribution is 2.33. The molecular formula is C23H17NO2. The molecule has 0 saturated carbocycles. The lowest BCUT2D eigenvalue weighted by Gasteiger charge is -2.11. The van der Waals surface area contributed by atoms with Crippen LogP contribution in [-0.2, 0) is 6.42 Å². The summed E-state index contributed by atoms with van der Waals surface area (Å²) in [6, 6.07) is 21.0. The lowest BCUT2D eigenvalue weighted by molar-refractivity contribution is 0.0697.